The van der Waals surface area contributed by atoms with Gasteiger partial charge >= 0.3 is 6.18 Å². The quantitative estimate of drug-likeness (QED) is 0.297. The number of alkyl halides is 3. The Labute approximate surface area is 182 Å². The van der Waals surface area contributed by atoms with Gasteiger partial charge in [-0.15, -0.1) is 34.2 Å². The molecule has 0 spiro atoms. The van der Waals surface area contributed by atoms with E-state index in [0.29, 0.717) is 19.0 Å². The molecule has 1 aromatic carbocycles. The summed E-state index contributed by atoms with van der Waals surface area (Å²) in [7, 11) is 1.63. The van der Waals surface area contributed by atoms with Gasteiger partial charge in [0.15, 0.2) is 24.0 Å². The van der Waals surface area contributed by atoms with Gasteiger partial charge < -0.3 is 15.4 Å². The van der Waals surface area contributed by atoms with Crippen LogP contribution in [0.3, 0.4) is 0 Å². The van der Waals surface area contributed by atoms with Crippen molar-refractivity contribution in [3.05, 3.63) is 60.0 Å². The zero-order valence-corrected chi connectivity index (χ0v) is 17.8. The first-order chi connectivity index (χ1) is 13.4. The van der Waals surface area contributed by atoms with Crippen LogP contribution in [-0.4, -0.2) is 40.4 Å². The topological polar surface area (TPSA) is 75.8 Å². The van der Waals surface area contributed by atoms with Crippen molar-refractivity contribution in [3.8, 4) is 5.75 Å². The zero-order valence-electron chi connectivity index (χ0n) is 15.5. The van der Waals surface area contributed by atoms with E-state index in [9.17, 15) is 13.2 Å². The van der Waals surface area contributed by atoms with Crippen LogP contribution in [0.5, 0.6) is 5.75 Å². The molecule has 3 rings (SSSR count). The lowest BCUT2D eigenvalue weighted by Gasteiger charge is -2.13. The molecule has 0 amide bonds. The first-order valence-corrected chi connectivity index (χ1v) is 8.46. The van der Waals surface area contributed by atoms with Gasteiger partial charge in [-0.3, -0.25) is 9.39 Å². The highest BCUT2D eigenvalue weighted by Gasteiger charge is 2.28. The molecule has 2 N–H and O–H groups in total. The van der Waals surface area contributed by atoms with E-state index in [1.165, 1.54) is 6.07 Å². The lowest BCUT2D eigenvalue weighted by atomic mass is 10.2. The van der Waals surface area contributed by atoms with Gasteiger partial charge in [0.2, 0.25) is 0 Å². The number of nitrogens with one attached hydrogen (secondary N) is 2. The third-order valence-electron chi connectivity index (χ3n) is 3.78. The minimum atomic E-state index is -4.37. The Morgan fingerprint density at radius 3 is 2.66 bits per heavy atom. The molecule has 0 fully saturated rings. The van der Waals surface area contributed by atoms with Gasteiger partial charge in [-0.05, 0) is 29.8 Å². The molecule has 0 unspecified atom stereocenters. The number of pyridine rings is 1. The monoisotopic (exact) mass is 520 g/mol. The van der Waals surface area contributed by atoms with Gasteiger partial charge in [0, 0.05) is 19.8 Å². The highest BCUT2D eigenvalue weighted by molar-refractivity contribution is 14.0. The van der Waals surface area contributed by atoms with E-state index >= 15 is 0 Å². The Morgan fingerprint density at radius 2 is 1.90 bits per heavy atom. The number of aliphatic imine (C=N–C) groups is 1. The number of ether oxygens (including phenoxy) is 1. The van der Waals surface area contributed by atoms with Gasteiger partial charge in [-0.2, -0.15) is 13.2 Å². The van der Waals surface area contributed by atoms with E-state index in [1.54, 1.807) is 25.2 Å². The van der Waals surface area contributed by atoms with Crippen molar-refractivity contribution in [2.75, 3.05) is 13.7 Å². The van der Waals surface area contributed by atoms with Gasteiger partial charge in [0.05, 0.1) is 6.54 Å². The minimum absolute atomic E-state index is 0. The standard InChI is InChI=1S/C18H19F3N6O.HI/c1-22-17(24-11-16-26-25-15-7-2-3-8-27(15)16)23-10-13-5-4-6-14(9-13)28-12-18(19,20)21;/h2-9H,10-12H2,1H3,(H2,22,23,24);1H. The van der Waals surface area contributed by atoms with Gasteiger partial charge in [0.25, 0.3) is 0 Å². The molecular formula is C18H20F3IN6O. The predicted octanol–water partition coefficient (Wildman–Crippen LogP) is 3.15. The SMILES string of the molecule is CN=C(NCc1cccc(OCC(F)(F)F)c1)NCc1nnc2ccccn12.I. The molecule has 0 aliphatic rings. The fourth-order valence-corrected chi connectivity index (χ4v) is 2.49. The zero-order chi connectivity index (χ0) is 20.0. The molecule has 11 heteroatoms. The van der Waals surface area contributed by atoms with Crippen molar-refractivity contribution in [2.24, 2.45) is 4.99 Å². The van der Waals surface area contributed by atoms with Crippen LogP contribution in [0.1, 0.15) is 11.4 Å². The molecule has 2 heterocycles. The first kappa shape index (κ1) is 22.7. The molecule has 0 saturated heterocycles. The highest BCUT2D eigenvalue weighted by atomic mass is 127. The fraction of sp³-hybridized carbons (Fsp3) is 0.278. The number of aromatic nitrogens is 3. The number of hydrogen-bond donors (Lipinski definition) is 2. The van der Waals surface area contributed by atoms with E-state index in [4.69, 9.17) is 4.74 Å². The number of guanidine groups is 1. The van der Waals surface area contributed by atoms with E-state index in [0.717, 1.165) is 17.0 Å². The molecule has 156 valence electrons. The summed E-state index contributed by atoms with van der Waals surface area (Å²) in [5.41, 5.74) is 1.51. The summed E-state index contributed by atoms with van der Waals surface area (Å²) in [6.07, 6.45) is -2.50. The van der Waals surface area contributed by atoms with Gasteiger partial charge in [-0.25, -0.2) is 0 Å². The summed E-state index contributed by atoms with van der Waals surface area (Å²) in [4.78, 5) is 4.13. The lowest BCUT2D eigenvalue weighted by molar-refractivity contribution is -0.153. The van der Waals surface area contributed by atoms with Crippen LogP contribution >= 0.6 is 24.0 Å². The van der Waals surface area contributed by atoms with Crippen LogP contribution < -0.4 is 15.4 Å². The molecule has 7 nitrogen and oxygen atoms in total. The minimum Gasteiger partial charge on any atom is -0.484 e. The number of rotatable bonds is 6. The van der Waals surface area contributed by atoms with E-state index in [-0.39, 0.29) is 29.7 Å². The van der Waals surface area contributed by atoms with Crippen molar-refractivity contribution in [1.82, 2.24) is 25.2 Å². The predicted molar refractivity (Wildman–Crippen MR) is 113 cm³/mol. The molecule has 2 aromatic heterocycles. The number of halogens is 4. The van der Waals surface area contributed by atoms with Crippen molar-refractivity contribution in [3.63, 3.8) is 0 Å². The van der Waals surface area contributed by atoms with E-state index < -0.39 is 12.8 Å². The Balaban J connectivity index is 0.00000300. The summed E-state index contributed by atoms with van der Waals surface area (Å²) in [6.45, 7) is -0.553. The van der Waals surface area contributed by atoms with Gasteiger partial charge in [0.1, 0.15) is 5.75 Å². The van der Waals surface area contributed by atoms with Crippen LogP contribution in [0.25, 0.3) is 5.65 Å². The van der Waals surface area contributed by atoms with E-state index in [2.05, 4.69) is 25.8 Å². The maximum Gasteiger partial charge on any atom is 0.422 e. The number of benzene rings is 1. The summed E-state index contributed by atoms with van der Waals surface area (Å²) < 4.78 is 43.4. The van der Waals surface area contributed by atoms with Crippen molar-refractivity contribution in [1.29, 1.82) is 0 Å². The smallest absolute Gasteiger partial charge is 0.422 e. The van der Waals surface area contributed by atoms with Gasteiger partial charge in [-0.1, -0.05) is 18.2 Å². The Hall–Kier alpha value is -2.57. The normalized spacial score (nSPS) is 11.8. The Morgan fingerprint density at radius 1 is 1.10 bits per heavy atom. The second-order valence-corrected chi connectivity index (χ2v) is 5.88. The first-order valence-electron chi connectivity index (χ1n) is 8.46. The molecule has 0 aliphatic heterocycles. The van der Waals surface area contributed by atoms with Crippen LogP contribution in [0.15, 0.2) is 53.7 Å². The van der Waals surface area contributed by atoms with E-state index in [1.807, 2.05) is 28.8 Å². The van der Waals surface area contributed by atoms with Crippen molar-refractivity contribution in [2.45, 2.75) is 19.3 Å². The second kappa shape index (κ2) is 10.3. The third-order valence-corrected chi connectivity index (χ3v) is 3.78. The molecule has 0 atom stereocenters. The lowest BCUT2D eigenvalue weighted by Crippen LogP contribution is -2.36. The summed E-state index contributed by atoms with van der Waals surface area (Å²) in [6, 6.07) is 12.1. The molecule has 0 bridgehead atoms. The second-order valence-electron chi connectivity index (χ2n) is 5.88. The average molecular weight is 520 g/mol. The van der Waals surface area contributed by atoms with Crippen LogP contribution in [0.4, 0.5) is 13.2 Å². The summed E-state index contributed by atoms with van der Waals surface area (Å²) >= 11 is 0. The number of hydrogen-bond acceptors (Lipinski definition) is 4. The van der Waals surface area contributed by atoms with Crippen molar-refractivity contribution < 1.29 is 17.9 Å². The highest BCUT2D eigenvalue weighted by Crippen LogP contribution is 2.19. The third kappa shape index (κ3) is 6.76. The van der Waals surface area contributed by atoms with Crippen molar-refractivity contribution >= 4 is 35.6 Å². The molecule has 0 radical (unpaired) electrons. The summed E-state index contributed by atoms with van der Waals surface area (Å²) in [5.74, 6) is 1.41. The van der Waals surface area contributed by atoms with Crippen LogP contribution in [0, 0.1) is 0 Å². The number of nitrogens with zero attached hydrogens (tertiary/aromatic N) is 4. The molecule has 0 saturated carbocycles. The van der Waals surface area contributed by atoms with Crippen LogP contribution in [0.2, 0.25) is 0 Å². The largest absolute Gasteiger partial charge is 0.484 e. The Bertz CT molecular complexity index is 960. The fourth-order valence-electron chi connectivity index (χ4n) is 2.49. The number of fused-ring (bicyclic) bond motifs is 1. The maximum absolute atomic E-state index is 12.3. The summed E-state index contributed by atoms with van der Waals surface area (Å²) in [5, 5.41) is 14.4. The van der Waals surface area contributed by atoms with Crippen LogP contribution in [-0.2, 0) is 13.1 Å². The molecule has 0 aliphatic carbocycles. The molecular weight excluding hydrogens is 500 g/mol. The average Bonchev–Trinajstić information content (AvgIpc) is 3.10. The Kier molecular flexibility index (Phi) is 8.05. The maximum atomic E-state index is 12.3. The molecule has 29 heavy (non-hydrogen) atoms. The molecule has 3 aromatic rings.